The maximum Gasteiger partial charge on any atom is 0.235 e. The number of ether oxygens (including phenoxy) is 1. The summed E-state index contributed by atoms with van der Waals surface area (Å²) in [6.45, 7) is 0.614. The van der Waals surface area contributed by atoms with Gasteiger partial charge < -0.3 is 23.5 Å². The van der Waals surface area contributed by atoms with E-state index in [0.29, 0.717) is 23.5 Å². The van der Waals surface area contributed by atoms with E-state index in [4.69, 9.17) is 13.8 Å². The molecule has 0 bridgehead atoms. The molecule has 1 saturated heterocycles. The topological polar surface area (TPSA) is 91.5 Å². The van der Waals surface area contributed by atoms with Gasteiger partial charge in [0, 0.05) is 6.54 Å². The van der Waals surface area contributed by atoms with Gasteiger partial charge in [0.05, 0.1) is 26.0 Å². The Bertz CT molecular complexity index is 663. The first kappa shape index (κ1) is 16.9. The molecule has 2 aromatic heterocycles. The Balaban J connectivity index is 1.65. The SMILES string of the molecule is OCCn1c(COP(S)O[C@H]2COCC2F)nc2cncnc21. The third-order valence-electron chi connectivity index (χ3n) is 3.31. The van der Waals surface area contributed by atoms with Gasteiger partial charge >= 0.3 is 0 Å². The molecule has 3 rings (SSSR count). The molecule has 2 aromatic rings. The zero-order valence-electron chi connectivity index (χ0n) is 12.1. The Hall–Kier alpha value is -0.900. The van der Waals surface area contributed by atoms with Crippen LogP contribution in [0, 0.1) is 0 Å². The summed E-state index contributed by atoms with van der Waals surface area (Å²) >= 11 is 4.21. The molecule has 1 N–H and O–H groups in total. The summed E-state index contributed by atoms with van der Waals surface area (Å²) in [7, 11) is -1.57. The van der Waals surface area contributed by atoms with E-state index in [1.165, 1.54) is 6.33 Å². The van der Waals surface area contributed by atoms with Crippen molar-refractivity contribution in [2.45, 2.75) is 25.4 Å². The number of imidazole rings is 1. The second-order valence-corrected chi connectivity index (χ2v) is 6.77. The minimum Gasteiger partial charge on any atom is -0.395 e. The van der Waals surface area contributed by atoms with Crippen LogP contribution in [0.4, 0.5) is 4.39 Å². The van der Waals surface area contributed by atoms with E-state index in [1.807, 2.05) is 0 Å². The van der Waals surface area contributed by atoms with Gasteiger partial charge in [0.2, 0.25) is 7.58 Å². The van der Waals surface area contributed by atoms with Crippen molar-refractivity contribution in [1.29, 1.82) is 0 Å². The molecule has 0 amide bonds. The molecule has 0 aliphatic carbocycles. The normalized spacial score (nSPS) is 22.7. The Morgan fingerprint density at radius 3 is 3.13 bits per heavy atom. The number of rotatable bonds is 7. The van der Waals surface area contributed by atoms with Crippen LogP contribution >= 0.6 is 19.8 Å². The van der Waals surface area contributed by atoms with Gasteiger partial charge in [-0.05, 0) is 0 Å². The lowest BCUT2D eigenvalue weighted by molar-refractivity contribution is 0.123. The quantitative estimate of drug-likeness (QED) is 0.566. The Morgan fingerprint density at radius 1 is 1.52 bits per heavy atom. The average molecular weight is 362 g/mol. The molecule has 3 heterocycles. The number of hydrogen-bond acceptors (Lipinski definition) is 8. The van der Waals surface area contributed by atoms with Gasteiger partial charge in [-0.1, -0.05) is 12.2 Å². The Kier molecular flexibility index (Phi) is 5.73. The van der Waals surface area contributed by atoms with E-state index in [1.54, 1.807) is 10.8 Å². The lowest BCUT2D eigenvalue weighted by atomic mass is 10.3. The van der Waals surface area contributed by atoms with Crippen molar-refractivity contribution in [2.24, 2.45) is 0 Å². The molecule has 23 heavy (non-hydrogen) atoms. The van der Waals surface area contributed by atoms with Crippen molar-refractivity contribution in [3.63, 3.8) is 0 Å². The number of aromatic nitrogens is 4. The van der Waals surface area contributed by atoms with Crippen LogP contribution in [0.2, 0.25) is 0 Å². The highest BCUT2D eigenvalue weighted by molar-refractivity contribution is 8.41. The largest absolute Gasteiger partial charge is 0.395 e. The summed E-state index contributed by atoms with van der Waals surface area (Å²) in [6, 6.07) is 0. The van der Waals surface area contributed by atoms with Crippen molar-refractivity contribution >= 4 is 31.0 Å². The number of nitrogens with zero attached hydrogens (tertiary/aromatic N) is 4. The summed E-state index contributed by atoms with van der Waals surface area (Å²) in [5.74, 6) is 0.569. The van der Waals surface area contributed by atoms with Crippen LogP contribution in [0.3, 0.4) is 0 Å². The van der Waals surface area contributed by atoms with Gasteiger partial charge in [0.25, 0.3) is 0 Å². The minimum absolute atomic E-state index is 0.0343. The first-order valence-electron chi connectivity index (χ1n) is 6.95. The molecule has 3 atom stereocenters. The molecule has 11 heteroatoms. The lowest BCUT2D eigenvalue weighted by Crippen LogP contribution is -2.21. The predicted octanol–water partition coefficient (Wildman–Crippen LogP) is 1.25. The van der Waals surface area contributed by atoms with Crippen LogP contribution in [0.1, 0.15) is 5.82 Å². The molecule has 0 aromatic carbocycles. The third-order valence-corrected chi connectivity index (χ3v) is 4.74. The van der Waals surface area contributed by atoms with Gasteiger partial charge in [0.1, 0.15) is 30.4 Å². The number of hydrogen-bond donors (Lipinski definition) is 2. The first-order chi connectivity index (χ1) is 11.2. The number of halogens is 1. The summed E-state index contributed by atoms with van der Waals surface area (Å²) in [5.41, 5.74) is 1.22. The molecular formula is C12H16FN4O4PS. The molecule has 0 radical (unpaired) electrons. The molecule has 0 saturated carbocycles. The second kappa shape index (κ2) is 7.78. The van der Waals surface area contributed by atoms with E-state index in [9.17, 15) is 9.50 Å². The van der Waals surface area contributed by atoms with E-state index in [2.05, 4.69) is 27.2 Å². The predicted molar refractivity (Wildman–Crippen MR) is 83.7 cm³/mol. The van der Waals surface area contributed by atoms with Crippen LogP contribution in [-0.2, 0) is 26.9 Å². The first-order valence-corrected chi connectivity index (χ1v) is 9.28. The molecule has 1 fully saturated rings. The monoisotopic (exact) mass is 362 g/mol. The summed E-state index contributed by atoms with van der Waals surface area (Å²) < 4.78 is 31.1. The molecular weight excluding hydrogens is 346 g/mol. The summed E-state index contributed by atoms with van der Waals surface area (Å²) in [6.07, 6.45) is 1.19. The zero-order chi connectivity index (χ0) is 16.2. The lowest BCUT2D eigenvalue weighted by Gasteiger charge is -2.17. The number of fused-ring (bicyclic) bond motifs is 1. The molecule has 126 valence electrons. The zero-order valence-corrected chi connectivity index (χ0v) is 13.9. The fourth-order valence-corrected chi connectivity index (χ4v) is 3.48. The standard InChI is InChI=1S/C12H16FN4O4PS/c13-8-4-19-5-10(8)21-22(23)20-6-11-16-9-3-14-7-15-12(9)17(11)1-2-18/h3,7-8,10,18,23H,1-2,4-6H2/t8?,10-,22?/m0/s1. The fourth-order valence-electron chi connectivity index (χ4n) is 2.23. The third kappa shape index (κ3) is 3.96. The van der Waals surface area contributed by atoms with E-state index in [-0.39, 0.29) is 26.4 Å². The van der Waals surface area contributed by atoms with Crippen molar-refractivity contribution in [3.05, 3.63) is 18.3 Å². The van der Waals surface area contributed by atoms with Crippen LogP contribution < -0.4 is 0 Å². The van der Waals surface area contributed by atoms with Crippen LogP contribution in [-0.4, -0.2) is 56.7 Å². The highest BCUT2D eigenvalue weighted by atomic mass is 32.7. The smallest absolute Gasteiger partial charge is 0.235 e. The van der Waals surface area contributed by atoms with Crippen molar-refractivity contribution < 1.29 is 23.3 Å². The summed E-state index contributed by atoms with van der Waals surface area (Å²) in [5, 5.41) is 9.19. The van der Waals surface area contributed by atoms with Crippen LogP contribution in [0.5, 0.6) is 0 Å². The second-order valence-electron chi connectivity index (χ2n) is 4.84. The average Bonchev–Trinajstić information content (AvgIpc) is 3.10. The van der Waals surface area contributed by atoms with Crippen LogP contribution in [0.15, 0.2) is 12.5 Å². The van der Waals surface area contributed by atoms with Crippen LogP contribution in [0.25, 0.3) is 11.2 Å². The highest BCUT2D eigenvalue weighted by Crippen LogP contribution is 2.46. The molecule has 1 aliphatic heterocycles. The fraction of sp³-hybridized carbons (Fsp3) is 0.583. The molecule has 8 nitrogen and oxygen atoms in total. The highest BCUT2D eigenvalue weighted by Gasteiger charge is 2.31. The van der Waals surface area contributed by atoms with Crippen molar-refractivity contribution in [3.8, 4) is 0 Å². The van der Waals surface area contributed by atoms with Crippen molar-refractivity contribution in [1.82, 2.24) is 19.5 Å². The Morgan fingerprint density at radius 2 is 2.39 bits per heavy atom. The minimum atomic E-state index is -1.57. The van der Waals surface area contributed by atoms with Gasteiger partial charge in [0.15, 0.2) is 11.8 Å². The van der Waals surface area contributed by atoms with E-state index >= 15 is 0 Å². The number of alkyl halides is 1. The molecule has 0 spiro atoms. The molecule has 2 unspecified atom stereocenters. The Labute approximate surface area is 138 Å². The van der Waals surface area contributed by atoms with Crippen molar-refractivity contribution in [2.75, 3.05) is 19.8 Å². The maximum atomic E-state index is 13.4. The molecule has 1 aliphatic rings. The number of thiol groups is 1. The number of aliphatic hydroxyl groups excluding tert-OH is 1. The van der Waals surface area contributed by atoms with Gasteiger partial charge in [-0.15, -0.1) is 0 Å². The maximum absolute atomic E-state index is 13.4. The number of aliphatic hydroxyl groups is 1. The van der Waals surface area contributed by atoms with E-state index in [0.717, 1.165) is 0 Å². The van der Waals surface area contributed by atoms with Gasteiger partial charge in [-0.25, -0.2) is 19.3 Å². The van der Waals surface area contributed by atoms with Gasteiger partial charge in [-0.3, -0.25) is 0 Å². The summed E-state index contributed by atoms with van der Waals surface area (Å²) in [4.78, 5) is 12.4. The van der Waals surface area contributed by atoms with E-state index < -0.39 is 19.9 Å². The van der Waals surface area contributed by atoms with Gasteiger partial charge in [-0.2, -0.15) is 0 Å².